The SMILES string of the molecule is OC(CNc1nc2ccccc2o1)C1CC1. The van der Waals surface area contributed by atoms with Gasteiger partial charge in [-0.1, -0.05) is 12.1 Å². The van der Waals surface area contributed by atoms with E-state index in [2.05, 4.69) is 10.3 Å². The fourth-order valence-electron chi connectivity index (χ4n) is 1.79. The van der Waals surface area contributed by atoms with Crippen LogP contribution in [0.3, 0.4) is 0 Å². The molecule has 0 bridgehead atoms. The van der Waals surface area contributed by atoms with Gasteiger partial charge in [-0.15, -0.1) is 0 Å². The van der Waals surface area contributed by atoms with Crippen molar-refractivity contribution in [2.75, 3.05) is 11.9 Å². The van der Waals surface area contributed by atoms with Crippen LogP contribution in [0.25, 0.3) is 11.1 Å². The molecule has 0 radical (unpaired) electrons. The van der Waals surface area contributed by atoms with Crippen LogP contribution in [0.5, 0.6) is 0 Å². The molecule has 1 saturated carbocycles. The average molecular weight is 218 g/mol. The third-order valence-electron chi connectivity index (χ3n) is 2.92. The van der Waals surface area contributed by atoms with Gasteiger partial charge in [0.05, 0.1) is 6.10 Å². The Morgan fingerprint density at radius 1 is 1.44 bits per heavy atom. The number of aromatic nitrogens is 1. The van der Waals surface area contributed by atoms with Crippen molar-refractivity contribution in [3.63, 3.8) is 0 Å². The zero-order chi connectivity index (χ0) is 11.0. The summed E-state index contributed by atoms with van der Waals surface area (Å²) >= 11 is 0. The maximum Gasteiger partial charge on any atom is 0.295 e. The lowest BCUT2D eigenvalue weighted by Gasteiger charge is -2.08. The first-order valence-electron chi connectivity index (χ1n) is 5.60. The summed E-state index contributed by atoms with van der Waals surface area (Å²) in [6.45, 7) is 0.511. The third kappa shape index (κ3) is 1.88. The second-order valence-corrected chi connectivity index (χ2v) is 4.27. The summed E-state index contributed by atoms with van der Waals surface area (Å²) in [7, 11) is 0. The monoisotopic (exact) mass is 218 g/mol. The first-order chi connectivity index (χ1) is 7.83. The normalized spacial score (nSPS) is 17.6. The number of fused-ring (bicyclic) bond motifs is 1. The van der Waals surface area contributed by atoms with E-state index in [1.165, 1.54) is 0 Å². The summed E-state index contributed by atoms with van der Waals surface area (Å²) in [5.41, 5.74) is 1.61. The van der Waals surface area contributed by atoms with Gasteiger partial charge in [-0.2, -0.15) is 4.98 Å². The zero-order valence-electron chi connectivity index (χ0n) is 8.89. The number of hydrogen-bond acceptors (Lipinski definition) is 4. The summed E-state index contributed by atoms with van der Waals surface area (Å²) in [6, 6.07) is 8.11. The summed E-state index contributed by atoms with van der Waals surface area (Å²) in [5, 5.41) is 12.7. The van der Waals surface area contributed by atoms with Crippen molar-refractivity contribution < 1.29 is 9.52 Å². The Labute approximate surface area is 93.3 Å². The van der Waals surface area contributed by atoms with Gasteiger partial charge in [-0.05, 0) is 30.9 Å². The Kier molecular flexibility index (Phi) is 2.29. The Morgan fingerprint density at radius 2 is 2.25 bits per heavy atom. The molecular weight excluding hydrogens is 204 g/mol. The predicted molar refractivity (Wildman–Crippen MR) is 61.2 cm³/mol. The molecule has 4 heteroatoms. The first-order valence-corrected chi connectivity index (χ1v) is 5.60. The first kappa shape index (κ1) is 9.66. The van der Waals surface area contributed by atoms with E-state index in [0.717, 1.165) is 23.9 Å². The molecule has 0 aliphatic heterocycles. The number of hydrogen-bond donors (Lipinski definition) is 2. The highest BCUT2D eigenvalue weighted by atomic mass is 16.4. The fourth-order valence-corrected chi connectivity index (χ4v) is 1.79. The van der Waals surface area contributed by atoms with Crippen LogP contribution in [0, 0.1) is 5.92 Å². The molecule has 1 aliphatic carbocycles. The predicted octanol–water partition coefficient (Wildman–Crippen LogP) is 2.01. The van der Waals surface area contributed by atoms with Crippen molar-refractivity contribution >= 4 is 17.1 Å². The van der Waals surface area contributed by atoms with Crippen molar-refractivity contribution in [2.24, 2.45) is 5.92 Å². The molecule has 1 fully saturated rings. The van der Waals surface area contributed by atoms with Crippen molar-refractivity contribution in [2.45, 2.75) is 18.9 Å². The summed E-state index contributed by atoms with van der Waals surface area (Å²) in [4.78, 5) is 4.28. The van der Waals surface area contributed by atoms with Crippen LogP contribution in [0.4, 0.5) is 6.01 Å². The Morgan fingerprint density at radius 3 is 3.00 bits per heavy atom. The van der Waals surface area contributed by atoms with E-state index in [1.807, 2.05) is 24.3 Å². The maximum absolute atomic E-state index is 9.69. The van der Waals surface area contributed by atoms with Crippen LogP contribution in [0.1, 0.15) is 12.8 Å². The number of nitrogens with one attached hydrogen (secondary N) is 1. The number of aliphatic hydroxyl groups excluding tert-OH is 1. The van der Waals surface area contributed by atoms with E-state index < -0.39 is 0 Å². The summed E-state index contributed by atoms with van der Waals surface area (Å²) in [6.07, 6.45) is 1.99. The minimum absolute atomic E-state index is 0.282. The standard InChI is InChI=1S/C12H14N2O2/c15-10(8-5-6-8)7-13-12-14-9-3-1-2-4-11(9)16-12/h1-4,8,10,15H,5-7H2,(H,13,14). The van der Waals surface area contributed by atoms with E-state index in [0.29, 0.717) is 18.5 Å². The van der Waals surface area contributed by atoms with Gasteiger partial charge in [0.15, 0.2) is 5.58 Å². The molecule has 84 valence electrons. The topological polar surface area (TPSA) is 58.3 Å². The number of benzene rings is 1. The molecule has 2 N–H and O–H groups in total. The number of rotatable bonds is 4. The number of oxazole rings is 1. The molecule has 0 saturated heterocycles. The lowest BCUT2D eigenvalue weighted by atomic mass is 10.2. The quantitative estimate of drug-likeness (QED) is 0.824. The van der Waals surface area contributed by atoms with E-state index in [1.54, 1.807) is 0 Å². The van der Waals surface area contributed by atoms with Gasteiger partial charge in [0, 0.05) is 6.54 Å². The lowest BCUT2D eigenvalue weighted by molar-refractivity contribution is 0.163. The van der Waals surface area contributed by atoms with Crippen molar-refractivity contribution in [1.82, 2.24) is 4.98 Å². The molecule has 3 rings (SSSR count). The third-order valence-corrected chi connectivity index (χ3v) is 2.92. The number of anilines is 1. The van der Waals surface area contributed by atoms with Crippen LogP contribution in [0.2, 0.25) is 0 Å². The highest BCUT2D eigenvalue weighted by Crippen LogP contribution is 2.32. The maximum atomic E-state index is 9.69. The molecule has 2 aromatic rings. The van der Waals surface area contributed by atoms with Crippen LogP contribution >= 0.6 is 0 Å². The van der Waals surface area contributed by atoms with Gasteiger partial charge in [-0.25, -0.2) is 0 Å². The van der Waals surface area contributed by atoms with Gasteiger partial charge >= 0.3 is 0 Å². The molecule has 0 amide bonds. The second kappa shape index (κ2) is 3.79. The zero-order valence-corrected chi connectivity index (χ0v) is 8.89. The van der Waals surface area contributed by atoms with Gasteiger partial charge in [0.2, 0.25) is 0 Å². The molecule has 1 aromatic carbocycles. The van der Waals surface area contributed by atoms with Crippen molar-refractivity contribution in [3.8, 4) is 0 Å². The Hall–Kier alpha value is -1.55. The van der Waals surface area contributed by atoms with Crippen molar-refractivity contribution in [1.29, 1.82) is 0 Å². The lowest BCUT2D eigenvalue weighted by Crippen LogP contribution is -2.21. The van der Waals surface area contributed by atoms with E-state index in [-0.39, 0.29) is 6.10 Å². The minimum Gasteiger partial charge on any atom is -0.424 e. The van der Waals surface area contributed by atoms with Gasteiger partial charge in [0.1, 0.15) is 5.52 Å². The second-order valence-electron chi connectivity index (χ2n) is 4.27. The van der Waals surface area contributed by atoms with Gasteiger partial charge in [-0.3, -0.25) is 0 Å². The molecular formula is C12H14N2O2. The number of nitrogens with zero attached hydrogens (tertiary/aromatic N) is 1. The van der Waals surface area contributed by atoms with Crippen molar-refractivity contribution in [3.05, 3.63) is 24.3 Å². The van der Waals surface area contributed by atoms with E-state index in [4.69, 9.17) is 4.42 Å². The minimum atomic E-state index is -0.282. The number of aliphatic hydroxyl groups is 1. The average Bonchev–Trinajstić information content (AvgIpc) is 3.06. The summed E-state index contributed by atoms with van der Waals surface area (Å²) in [5.74, 6) is 0.469. The van der Waals surface area contributed by atoms with E-state index in [9.17, 15) is 5.11 Å². The molecule has 16 heavy (non-hydrogen) atoms. The van der Waals surface area contributed by atoms with Crippen LogP contribution in [-0.4, -0.2) is 22.7 Å². The van der Waals surface area contributed by atoms with Crippen LogP contribution in [-0.2, 0) is 0 Å². The molecule has 1 heterocycles. The molecule has 1 unspecified atom stereocenters. The Balaban J connectivity index is 1.69. The highest BCUT2D eigenvalue weighted by Gasteiger charge is 2.29. The smallest absolute Gasteiger partial charge is 0.295 e. The number of para-hydroxylation sites is 2. The molecule has 1 atom stereocenters. The van der Waals surface area contributed by atoms with Gasteiger partial charge in [0.25, 0.3) is 6.01 Å². The van der Waals surface area contributed by atoms with Gasteiger partial charge < -0.3 is 14.8 Å². The highest BCUT2D eigenvalue weighted by molar-refractivity contribution is 5.74. The molecule has 0 spiro atoms. The fraction of sp³-hybridized carbons (Fsp3) is 0.417. The van der Waals surface area contributed by atoms with E-state index >= 15 is 0 Å². The summed E-state index contributed by atoms with van der Waals surface area (Å²) < 4.78 is 5.49. The largest absolute Gasteiger partial charge is 0.424 e. The Bertz CT molecular complexity index is 457. The van der Waals surface area contributed by atoms with Crippen LogP contribution in [0.15, 0.2) is 28.7 Å². The molecule has 4 nitrogen and oxygen atoms in total. The van der Waals surface area contributed by atoms with Crippen LogP contribution < -0.4 is 5.32 Å². The molecule has 1 aromatic heterocycles. The molecule has 1 aliphatic rings.